The van der Waals surface area contributed by atoms with Gasteiger partial charge in [0, 0.05) is 12.8 Å². The van der Waals surface area contributed by atoms with Crippen LogP contribution in [0.25, 0.3) is 0 Å². The van der Waals surface area contributed by atoms with E-state index in [0.717, 1.165) is 38.5 Å². The largest absolute Gasteiger partial charge is 0.462 e. The van der Waals surface area contributed by atoms with Gasteiger partial charge in [0.15, 0.2) is 6.10 Å². The van der Waals surface area contributed by atoms with Crippen LogP contribution >= 0.6 is 0 Å². The maximum Gasteiger partial charge on any atom is 0.306 e. The number of esters is 2. The SMILES string of the molecule is CCCCCCCCCC/C=C\CCCCCCCCCCCC(=O)OC(CO)COC(=O)CCCCCCCCCCC. The van der Waals surface area contributed by atoms with E-state index in [1.807, 2.05) is 0 Å². The van der Waals surface area contributed by atoms with Gasteiger partial charge in [-0.15, -0.1) is 0 Å². The van der Waals surface area contributed by atoms with Crippen molar-refractivity contribution < 1.29 is 24.2 Å². The summed E-state index contributed by atoms with van der Waals surface area (Å²) in [6.07, 6.45) is 39.9. The second-order valence-corrected chi connectivity index (χ2v) is 13.0. The molecular formula is C39H74O5. The van der Waals surface area contributed by atoms with E-state index < -0.39 is 6.10 Å². The van der Waals surface area contributed by atoms with E-state index in [1.165, 1.54) is 141 Å². The highest BCUT2D eigenvalue weighted by molar-refractivity contribution is 5.70. The second-order valence-electron chi connectivity index (χ2n) is 13.0. The molecule has 0 aromatic carbocycles. The molecule has 0 spiro atoms. The van der Waals surface area contributed by atoms with Gasteiger partial charge in [-0.3, -0.25) is 9.59 Å². The standard InChI is InChI=1S/C39H74O5/c1-3-5-7-9-11-13-14-15-16-17-18-19-20-21-22-23-24-26-28-30-32-34-39(42)44-37(35-40)36-43-38(41)33-31-29-27-25-12-10-8-6-4-2/h17-18,37,40H,3-16,19-36H2,1-2H3/b18-17-. The van der Waals surface area contributed by atoms with Gasteiger partial charge in [0.05, 0.1) is 6.61 Å². The van der Waals surface area contributed by atoms with Crippen molar-refractivity contribution in [1.82, 2.24) is 0 Å². The zero-order valence-electron chi connectivity index (χ0n) is 29.4. The van der Waals surface area contributed by atoms with Crippen molar-refractivity contribution in [3.05, 3.63) is 12.2 Å². The Hall–Kier alpha value is -1.36. The quantitative estimate of drug-likeness (QED) is 0.0432. The van der Waals surface area contributed by atoms with Crippen LogP contribution in [-0.4, -0.2) is 36.4 Å². The predicted molar refractivity (Wildman–Crippen MR) is 187 cm³/mol. The summed E-state index contributed by atoms with van der Waals surface area (Å²) in [5, 5.41) is 9.51. The highest BCUT2D eigenvalue weighted by Gasteiger charge is 2.16. The molecule has 0 fully saturated rings. The van der Waals surface area contributed by atoms with Gasteiger partial charge in [0.1, 0.15) is 6.61 Å². The minimum atomic E-state index is -0.764. The summed E-state index contributed by atoms with van der Waals surface area (Å²) < 4.78 is 10.6. The number of aliphatic hydroxyl groups is 1. The molecule has 0 radical (unpaired) electrons. The van der Waals surface area contributed by atoms with Gasteiger partial charge in [-0.25, -0.2) is 0 Å². The van der Waals surface area contributed by atoms with Crippen LogP contribution in [0.2, 0.25) is 0 Å². The normalized spacial score (nSPS) is 12.2. The molecule has 0 rings (SSSR count). The van der Waals surface area contributed by atoms with Crippen molar-refractivity contribution in [3.63, 3.8) is 0 Å². The molecule has 5 nitrogen and oxygen atoms in total. The lowest BCUT2D eigenvalue weighted by molar-refractivity contribution is -0.161. The molecule has 0 amide bonds. The molecule has 0 saturated heterocycles. The number of carbonyl (C=O) groups excluding carboxylic acids is 2. The second kappa shape index (κ2) is 36.1. The van der Waals surface area contributed by atoms with Crippen molar-refractivity contribution in [2.75, 3.05) is 13.2 Å². The molecule has 0 saturated carbocycles. The van der Waals surface area contributed by atoms with Crippen LogP contribution < -0.4 is 0 Å². The average Bonchev–Trinajstić information content (AvgIpc) is 3.02. The smallest absolute Gasteiger partial charge is 0.306 e. The van der Waals surface area contributed by atoms with Gasteiger partial charge in [-0.1, -0.05) is 167 Å². The summed E-state index contributed by atoms with van der Waals surface area (Å²) in [7, 11) is 0. The third-order valence-corrected chi connectivity index (χ3v) is 8.56. The monoisotopic (exact) mass is 623 g/mol. The van der Waals surface area contributed by atoms with E-state index in [0.29, 0.717) is 12.8 Å². The van der Waals surface area contributed by atoms with Gasteiger partial charge in [-0.05, 0) is 38.5 Å². The molecule has 0 aliphatic heterocycles. The lowest BCUT2D eigenvalue weighted by atomic mass is 10.1. The van der Waals surface area contributed by atoms with Crippen LogP contribution in [0.15, 0.2) is 12.2 Å². The molecule has 0 heterocycles. The van der Waals surface area contributed by atoms with E-state index in [4.69, 9.17) is 9.47 Å². The van der Waals surface area contributed by atoms with Gasteiger partial charge in [-0.2, -0.15) is 0 Å². The zero-order valence-corrected chi connectivity index (χ0v) is 29.4. The van der Waals surface area contributed by atoms with Crippen LogP contribution in [0.1, 0.15) is 206 Å². The number of hydrogen-bond donors (Lipinski definition) is 1. The first kappa shape index (κ1) is 42.6. The Morgan fingerprint density at radius 1 is 0.500 bits per heavy atom. The molecule has 1 unspecified atom stereocenters. The Bertz CT molecular complexity index is 632. The third kappa shape index (κ3) is 33.5. The Kier molecular flexibility index (Phi) is 35.0. The Morgan fingerprint density at radius 2 is 0.841 bits per heavy atom. The Morgan fingerprint density at radius 3 is 1.23 bits per heavy atom. The van der Waals surface area contributed by atoms with Crippen molar-refractivity contribution in [1.29, 1.82) is 0 Å². The fraction of sp³-hybridized carbons (Fsp3) is 0.897. The van der Waals surface area contributed by atoms with E-state index in [1.54, 1.807) is 0 Å². The molecule has 0 aromatic heterocycles. The predicted octanol–water partition coefficient (Wildman–Crippen LogP) is 11.7. The molecule has 5 heteroatoms. The van der Waals surface area contributed by atoms with Crippen LogP contribution in [0.4, 0.5) is 0 Å². The van der Waals surface area contributed by atoms with E-state index in [9.17, 15) is 14.7 Å². The summed E-state index contributed by atoms with van der Waals surface area (Å²) >= 11 is 0. The number of rotatable bonds is 35. The minimum absolute atomic E-state index is 0.0614. The Labute approximate surface area is 273 Å². The lowest BCUT2D eigenvalue weighted by Crippen LogP contribution is -2.28. The first-order valence-electron chi connectivity index (χ1n) is 19.2. The first-order chi connectivity index (χ1) is 21.6. The fourth-order valence-corrected chi connectivity index (χ4v) is 5.61. The van der Waals surface area contributed by atoms with E-state index >= 15 is 0 Å². The van der Waals surface area contributed by atoms with Crippen LogP contribution in [0.5, 0.6) is 0 Å². The number of hydrogen-bond acceptors (Lipinski definition) is 5. The van der Waals surface area contributed by atoms with Gasteiger partial charge in [0.2, 0.25) is 0 Å². The van der Waals surface area contributed by atoms with Crippen molar-refractivity contribution in [3.8, 4) is 0 Å². The van der Waals surface area contributed by atoms with Crippen LogP contribution in [0.3, 0.4) is 0 Å². The molecule has 0 bridgehead atoms. The third-order valence-electron chi connectivity index (χ3n) is 8.56. The van der Waals surface area contributed by atoms with Crippen molar-refractivity contribution in [2.45, 2.75) is 213 Å². The minimum Gasteiger partial charge on any atom is -0.462 e. The first-order valence-corrected chi connectivity index (χ1v) is 19.2. The van der Waals surface area contributed by atoms with Gasteiger partial charge < -0.3 is 14.6 Å². The fourth-order valence-electron chi connectivity index (χ4n) is 5.61. The molecule has 1 atom stereocenters. The molecule has 0 aliphatic rings. The van der Waals surface area contributed by atoms with Gasteiger partial charge >= 0.3 is 11.9 Å². The molecular weight excluding hydrogens is 548 g/mol. The average molecular weight is 623 g/mol. The topological polar surface area (TPSA) is 72.8 Å². The maximum absolute atomic E-state index is 12.1. The number of carbonyl (C=O) groups is 2. The summed E-state index contributed by atoms with van der Waals surface area (Å²) in [6, 6.07) is 0. The van der Waals surface area contributed by atoms with Crippen LogP contribution in [-0.2, 0) is 19.1 Å². The van der Waals surface area contributed by atoms with Gasteiger partial charge in [0.25, 0.3) is 0 Å². The molecule has 0 aromatic rings. The highest BCUT2D eigenvalue weighted by atomic mass is 16.6. The summed E-state index contributed by atoms with van der Waals surface area (Å²) in [5.41, 5.74) is 0. The molecule has 0 aliphatic carbocycles. The van der Waals surface area contributed by atoms with E-state index in [2.05, 4.69) is 26.0 Å². The number of aliphatic hydroxyl groups excluding tert-OH is 1. The zero-order chi connectivity index (χ0) is 32.2. The number of allylic oxidation sites excluding steroid dienone is 2. The highest BCUT2D eigenvalue weighted by Crippen LogP contribution is 2.14. The molecule has 44 heavy (non-hydrogen) atoms. The van der Waals surface area contributed by atoms with Crippen LogP contribution in [0, 0.1) is 0 Å². The summed E-state index contributed by atoms with van der Waals surface area (Å²) in [6.45, 7) is 4.12. The Balaban J connectivity index is 3.49. The van der Waals surface area contributed by atoms with E-state index in [-0.39, 0.29) is 25.2 Å². The van der Waals surface area contributed by atoms with Crippen molar-refractivity contribution >= 4 is 11.9 Å². The maximum atomic E-state index is 12.1. The summed E-state index contributed by atoms with van der Waals surface area (Å²) in [5.74, 6) is -0.588. The molecule has 1 N–H and O–H groups in total. The number of unbranched alkanes of at least 4 members (excludes halogenated alkanes) is 25. The molecule has 260 valence electrons. The van der Waals surface area contributed by atoms with Crippen molar-refractivity contribution in [2.24, 2.45) is 0 Å². The number of ether oxygens (including phenoxy) is 2. The lowest BCUT2D eigenvalue weighted by Gasteiger charge is -2.15. The summed E-state index contributed by atoms with van der Waals surface area (Å²) in [4.78, 5) is 24.1.